The summed E-state index contributed by atoms with van der Waals surface area (Å²) in [5, 5.41) is 2.99. The van der Waals surface area contributed by atoms with Crippen molar-refractivity contribution in [3.8, 4) is 0 Å². The third-order valence-electron chi connectivity index (χ3n) is 6.02. The zero-order valence-corrected chi connectivity index (χ0v) is 17.6. The molecule has 2 aliphatic rings. The minimum Gasteiger partial charge on any atom is -0.378 e. The van der Waals surface area contributed by atoms with E-state index in [9.17, 15) is 14.4 Å². The Bertz CT molecular complexity index is 1200. The lowest BCUT2D eigenvalue weighted by molar-refractivity contribution is 0.0303. The van der Waals surface area contributed by atoms with E-state index >= 15 is 0 Å². The summed E-state index contributed by atoms with van der Waals surface area (Å²) in [6.45, 7) is 4.04. The van der Waals surface area contributed by atoms with Crippen molar-refractivity contribution >= 4 is 34.2 Å². The van der Waals surface area contributed by atoms with Crippen molar-refractivity contribution in [1.82, 2.24) is 14.9 Å². The third-order valence-corrected chi connectivity index (χ3v) is 6.02. The van der Waals surface area contributed by atoms with Crippen LogP contribution in [0.5, 0.6) is 0 Å². The van der Waals surface area contributed by atoms with E-state index in [1.807, 2.05) is 6.07 Å². The molecule has 1 aromatic heterocycles. The minimum atomic E-state index is -0.281. The van der Waals surface area contributed by atoms with Crippen LogP contribution in [0.2, 0.25) is 0 Å². The predicted octanol–water partition coefficient (Wildman–Crippen LogP) is 2.18. The smallest absolute Gasteiger partial charge is 0.323 e. The molecule has 3 N–H and O–H groups in total. The first-order chi connectivity index (χ1) is 15.6. The van der Waals surface area contributed by atoms with Crippen molar-refractivity contribution < 1.29 is 14.3 Å². The molecule has 9 nitrogen and oxygen atoms in total. The van der Waals surface area contributed by atoms with Gasteiger partial charge < -0.3 is 29.8 Å². The summed E-state index contributed by atoms with van der Waals surface area (Å²) in [6.07, 6.45) is 2.18. The fraction of sp³-hybridized carbons (Fsp3) is 0.348. The Kier molecular flexibility index (Phi) is 5.40. The van der Waals surface area contributed by atoms with Crippen LogP contribution in [0.3, 0.4) is 0 Å². The van der Waals surface area contributed by atoms with Crippen LogP contribution < -0.4 is 15.9 Å². The van der Waals surface area contributed by atoms with Gasteiger partial charge in [0.2, 0.25) is 0 Å². The molecule has 2 amide bonds. The van der Waals surface area contributed by atoms with E-state index < -0.39 is 0 Å². The maximum Gasteiger partial charge on any atom is 0.323 e. The highest BCUT2D eigenvalue weighted by molar-refractivity contribution is 6.08. The maximum absolute atomic E-state index is 13.0. The summed E-state index contributed by atoms with van der Waals surface area (Å²) < 4.78 is 5.30. The first-order valence-electron chi connectivity index (χ1n) is 10.9. The second kappa shape index (κ2) is 8.51. The van der Waals surface area contributed by atoms with Crippen LogP contribution in [0.15, 0.2) is 41.2 Å². The first kappa shape index (κ1) is 20.3. The molecule has 0 radical (unpaired) electrons. The van der Waals surface area contributed by atoms with Gasteiger partial charge in [-0.15, -0.1) is 0 Å². The molecule has 3 heterocycles. The molecule has 2 aliphatic heterocycles. The fourth-order valence-corrected chi connectivity index (χ4v) is 4.30. The number of aromatic nitrogens is 2. The lowest BCUT2D eigenvalue weighted by Crippen LogP contribution is -2.40. The summed E-state index contributed by atoms with van der Waals surface area (Å²) >= 11 is 0. The molecule has 9 heteroatoms. The first-order valence-corrected chi connectivity index (χ1v) is 10.9. The van der Waals surface area contributed by atoms with E-state index in [1.165, 1.54) is 0 Å². The Hall–Kier alpha value is -3.59. The molecule has 166 valence electrons. The van der Waals surface area contributed by atoms with E-state index in [-0.39, 0.29) is 17.5 Å². The van der Waals surface area contributed by atoms with Crippen molar-refractivity contribution in [2.24, 2.45) is 0 Å². The number of benzene rings is 2. The average molecular weight is 435 g/mol. The largest absolute Gasteiger partial charge is 0.378 e. The van der Waals surface area contributed by atoms with Crippen LogP contribution in [0.1, 0.15) is 33.6 Å². The number of aromatic amines is 2. The number of amides is 2. The molecule has 5 rings (SSSR count). The lowest BCUT2D eigenvalue weighted by Gasteiger charge is -2.26. The van der Waals surface area contributed by atoms with Gasteiger partial charge in [0, 0.05) is 37.3 Å². The summed E-state index contributed by atoms with van der Waals surface area (Å²) in [4.78, 5) is 46.8. The highest BCUT2D eigenvalue weighted by Gasteiger charge is 2.21. The number of hydrogen-bond acceptors (Lipinski definition) is 5. The Morgan fingerprint density at radius 1 is 0.875 bits per heavy atom. The van der Waals surface area contributed by atoms with Crippen LogP contribution in [0.25, 0.3) is 11.0 Å². The molecule has 2 saturated heterocycles. The lowest BCUT2D eigenvalue weighted by atomic mass is 10.1. The second-order valence-corrected chi connectivity index (χ2v) is 8.12. The summed E-state index contributed by atoms with van der Waals surface area (Å²) in [6, 6.07) is 10.4. The van der Waals surface area contributed by atoms with Gasteiger partial charge in [-0.05, 0) is 49.2 Å². The van der Waals surface area contributed by atoms with E-state index in [0.717, 1.165) is 31.6 Å². The van der Waals surface area contributed by atoms with Crippen LogP contribution >= 0.6 is 0 Å². The fourth-order valence-electron chi connectivity index (χ4n) is 4.30. The summed E-state index contributed by atoms with van der Waals surface area (Å²) in [5.74, 6) is -0.327. The van der Waals surface area contributed by atoms with E-state index in [0.29, 0.717) is 54.2 Å². The number of fused-ring (bicyclic) bond motifs is 1. The van der Waals surface area contributed by atoms with Gasteiger partial charge in [0.1, 0.15) is 0 Å². The highest BCUT2D eigenvalue weighted by Crippen LogP contribution is 2.32. The number of ether oxygens (including phenoxy) is 1. The third kappa shape index (κ3) is 3.99. The van der Waals surface area contributed by atoms with Gasteiger partial charge in [-0.3, -0.25) is 9.59 Å². The number of carbonyl (C=O) groups excluding carboxylic acids is 2. The highest BCUT2D eigenvalue weighted by atomic mass is 16.5. The number of carbonyl (C=O) groups is 2. The van der Waals surface area contributed by atoms with Gasteiger partial charge in [-0.2, -0.15) is 0 Å². The molecule has 0 spiro atoms. The van der Waals surface area contributed by atoms with E-state index in [4.69, 9.17) is 4.74 Å². The maximum atomic E-state index is 13.0. The van der Waals surface area contributed by atoms with Crippen molar-refractivity contribution in [3.05, 3.63) is 58.0 Å². The number of nitrogens with zero attached hydrogens (tertiary/aromatic N) is 2. The topological polar surface area (TPSA) is 111 Å². The number of H-pyrrole nitrogens is 2. The monoisotopic (exact) mass is 435 g/mol. The number of rotatable bonds is 4. The van der Waals surface area contributed by atoms with Gasteiger partial charge in [0.15, 0.2) is 0 Å². The van der Waals surface area contributed by atoms with Crippen molar-refractivity contribution in [2.75, 3.05) is 49.6 Å². The SMILES string of the molecule is O=C(Nc1cc2[nH]c(=O)[nH]c2cc1N1CCCC1)c1ccc(C(=O)N2CCOCC2)cc1. The van der Waals surface area contributed by atoms with Gasteiger partial charge in [0.05, 0.1) is 35.6 Å². The predicted molar refractivity (Wildman–Crippen MR) is 121 cm³/mol. The van der Waals surface area contributed by atoms with Gasteiger partial charge in [-0.1, -0.05) is 0 Å². The molecule has 0 unspecified atom stereocenters. The van der Waals surface area contributed by atoms with Crippen LogP contribution in [-0.2, 0) is 4.74 Å². The summed E-state index contributed by atoms with van der Waals surface area (Å²) in [7, 11) is 0. The molecule has 32 heavy (non-hydrogen) atoms. The molecular formula is C23H25N5O4. The molecule has 2 fully saturated rings. The van der Waals surface area contributed by atoms with Crippen LogP contribution in [0, 0.1) is 0 Å². The van der Waals surface area contributed by atoms with E-state index in [2.05, 4.69) is 20.2 Å². The number of anilines is 2. The van der Waals surface area contributed by atoms with Crippen molar-refractivity contribution in [3.63, 3.8) is 0 Å². The van der Waals surface area contributed by atoms with Gasteiger partial charge in [-0.25, -0.2) is 4.79 Å². The summed E-state index contributed by atoms with van der Waals surface area (Å²) in [5.41, 5.74) is 3.61. The molecule has 0 aliphatic carbocycles. The van der Waals surface area contributed by atoms with Crippen LogP contribution in [-0.4, -0.2) is 66.1 Å². The molecular weight excluding hydrogens is 410 g/mol. The zero-order valence-electron chi connectivity index (χ0n) is 17.6. The quantitative estimate of drug-likeness (QED) is 0.582. The molecule has 0 atom stereocenters. The standard InChI is InChI=1S/C23H25N5O4/c29-21(15-3-5-16(6-4-15)22(30)28-9-11-32-12-10-28)24-19-13-17-18(26-23(31)25-17)14-20(19)27-7-1-2-8-27/h3-6,13-14H,1-2,7-12H2,(H,24,29)(H2,25,26,31). The Labute approximate surface area is 184 Å². The normalized spacial score (nSPS) is 16.5. The Morgan fingerprint density at radius 3 is 2.19 bits per heavy atom. The Morgan fingerprint density at radius 2 is 1.50 bits per heavy atom. The van der Waals surface area contributed by atoms with Crippen molar-refractivity contribution in [2.45, 2.75) is 12.8 Å². The van der Waals surface area contributed by atoms with Crippen molar-refractivity contribution in [1.29, 1.82) is 0 Å². The molecule has 0 bridgehead atoms. The number of hydrogen-bond donors (Lipinski definition) is 3. The number of imidazole rings is 1. The number of nitrogens with one attached hydrogen (secondary N) is 3. The van der Waals surface area contributed by atoms with Gasteiger partial charge >= 0.3 is 5.69 Å². The minimum absolute atomic E-state index is 0.0570. The Balaban J connectivity index is 1.37. The average Bonchev–Trinajstić information content (AvgIpc) is 3.47. The van der Waals surface area contributed by atoms with E-state index in [1.54, 1.807) is 35.2 Å². The molecule has 3 aromatic rings. The van der Waals surface area contributed by atoms with Crippen LogP contribution in [0.4, 0.5) is 11.4 Å². The molecule has 2 aromatic carbocycles. The number of morpholine rings is 1. The second-order valence-electron chi connectivity index (χ2n) is 8.12. The molecule has 0 saturated carbocycles. The van der Waals surface area contributed by atoms with Gasteiger partial charge in [0.25, 0.3) is 11.8 Å². The zero-order chi connectivity index (χ0) is 22.1.